The summed E-state index contributed by atoms with van der Waals surface area (Å²) in [6.07, 6.45) is 1.33. The highest BCUT2D eigenvalue weighted by Gasteiger charge is 2.15. The molecule has 114 valence electrons. The zero-order valence-corrected chi connectivity index (χ0v) is 11.6. The number of anilines is 1. The molecule has 22 heavy (non-hydrogen) atoms. The Hall–Kier alpha value is -2.94. The number of aromatic nitrogens is 2. The highest BCUT2D eigenvalue weighted by molar-refractivity contribution is 6.34. The number of carbonyl (C=O) groups is 2. The van der Waals surface area contributed by atoms with E-state index in [0.29, 0.717) is 0 Å². The first-order chi connectivity index (χ1) is 10.4. The summed E-state index contributed by atoms with van der Waals surface area (Å²) < 4.78 is 1.08. The maximum absolute atomic E-state index is 12.0. The number of non-ortho nitro benzene ring substituents is 1. The average Bonchev–Trinajstić information content (AvgIpc) is 2.88. The minimum absolute atomic E-state index is 0.0381. The van der Waals surface area contributed by atoms with Crippen LogP contribution in [0.5, 0.6) is 0 Å². The molecule has 1 aromatic heterocycles. The van der Waals surface area contributed by atoms with Crippen LogP contribution in [0.1, 0.15) is 10.5 Å². The fourth-order valence-corrected chi connectivity index (χ4v) is 1.78. The second-order valence-corrected chi connectivity index (χ2v) is 4.57. The molecular formula is C12H9ClN4O5. The number of carboxylic acid groups (broad SMARTS) is 1. The van der Waals surface area contributed by atoms with Crippen molar-refractivity contribution < 1.29 is 19.6 Å². The second kappa shape index (κ2) is 6.22. The number of nitrogens with one attached hydrogen (secondary N) is 1. The zero-order chi connectivity index (χ0) is 16.3. The number of carboxylic acids is 1. The summed E-state index contributed by atoms with van der Waals surface area (Å²) in [5.41, 5.74) is -0.200. The van der Waals surface area contributed by atoms with Crippen LogP contribution in [-0.4, -0.2) is 31.7 Å². The van der Waals surface area contributed by atoms with Crippen molar-refractivity contribution in [2.24, 2.45) is 0 Å². The molecule has 0 aliphatic rings. The SMILES string of the molecule is O=C(O)Cn1ccc(C(=O)Nc2cc([N+](=O)[O-])ccc2Cl)n1. The Morgan fingerprint density at radius 2 is 2.14 bits per heavy atom. The third-order valence-corrected chi connectivity index (χ3v) is 2.91. The van der Waals surface area contributed by atoms with E-state index < -0.39 is 16.8 Å². The molecule has 0 saturated carbocycles. The molecule has 0 aliphatic carbocycles. The van der Waals surface area contributed by atoms with Crippen LogP contribution in [0, 0.1) is 10.1 Å². The molecule has 2 aromatic rings. The Kier molecular flexibility index (Phi) is 4.37. The lowest BCUT2D eigenvalue weighted by atomic mass is 10.2. The molecule has 2 N–H and O–H groups in total. The summed E-state index contributed by atoms with van der Waals surface area (Å²) >= 11 is 5.87. The van der Waals surface area contributed by atoms with Gasteiger partial charge < -0.3 is 10.4 Å². The van der Waals surface area contributed by atoms with Crippen molar-refractivity contribution in [1.29, 1.82) is 0 Å². The molecule has 0 unspecified atom stereocenters. The van der Waals surface area contributed by atoms with Crippen molar-refractivity contribution in [3.8, 4) is 0 Å². The number of benzene rings is 1. The van der Waals surface area contributed by atoms with Gasteiger partial charge in [0.25, 0.3) is 11.6 Å². The Morgan fingerprint density at radius 1 is 1.41 bits per heavy atom. The predicted molar refractivity (Wildman–Crippen MR) is 75.9 cm³/mol. The third kappa shape index (κ3) is 3.58. The van der Waals surface area contributed by atoms with Gasteiger partial charge in [-0.15, -0.1) is 0 Å². The highest BCUT2D eigenvalue weighted by Crippen LogP contribution is 2.26. The molecule has 0 radical (unpaired) electrons. The van der Waals surface area contributed by atoms with Crippen molar-refractivity contribution in [3.63, 3.8) is 0 Å². The van der Waals surface area contributed by atoms with Crippen LogP contribution in [0.4, 0.5) is 11.4 Å². The summed E-state index contributed by atoms with van der Waals surface area (Å²) in [5.74, 6) is -1.76. The molecule has 0 bridgehead atoms. The summed E-state index contributed by atoms with van der Waals surface area (Å²) in [6, 6.07) is 4.94. The summed E-state index contributed by atoms with van der Waals surface area (Å²) in [6.45, 7) is -0.384. The van der Waals surface area contributed by atoms with E-state index in [-0.39, 0.29) is 28.6 Å². The van der Waals surface area contributed by atoms with E-state index >= 15 is 0 Å². The van der Waals surface area contributed by atoms with E-state index in [1.54, 1.807) is 0 Å². The molecule has 0 atom stereocenters. The van der Waals surface area contributed by atoms with Crippen LogP contribution in [0.25, 0.3) is 0 Å². The van der Waals surface area contributed by atoms with Gasteiger partial charge in [0.2, 0.25) is 0 Å². The molecule has 9 nitrogen and oxygen atoms in total. The average molecular weight is 325 g/mol. The first-order valence-electron chi connectivity index (χ1n) is 5.87. The van der Waals surface area contributed by atoms with Crippen molar-refractivity contribution in [2.45, 2.75) is 6.54 Å². The minimum Gasteiger partial charge on any atom is -0.480 e. The summed E-state index contributed by atoms with van der Waals surface area (Å²) in [4.78, 5) is 32.6. The Bertz CT molecular complexity index is 758. The number of nitrogens with zero attached hydrogens (tertiary/aromatic N) is 3. The zero-order valence-electron chi connectivity index (χ0n) is 10.9. The minimum atomic E-state index is -1.10. The number of hydrogen-bond acceptors (Lipinski definition) is 5. The monoisotopic (exact) mass is 324 g/mol. The van der Waals surface area contributed by atoms with Gasteiger partial charge in [-0.25, -0.2) is 0 Å². The van der Waals surface area contributed by atoms with Gasteiger partial charge in [0, 0.05) is 18.3 Å². The number of hydrogen-bond donors (Lipinski definition) is 2. The van der Waals surface area contributed by atoms with Crippen LogP contribution in [0.2, 0.25) is 5.02 Å². The van der Waals surface area contributed by atoms with Gasteiger partial charge in [0.05, 0.1) is 15.6 Å². The molecular weight excluding hydrogens is 316 g/mol. The van der Waals surface area contributed by atoms with Crippen LogP contribution in [0.3, 0.4) is 0 Å². The van der Waals surface area contributed by atoms with E-state index in [9.17, 15) is 19.7 Å². The smallest absolute Gasteiger partial charge is 0.325 e. The third-order valence-electron chi connectivity index (χ3n) is 2.58. The van der Waals surface area contributed by atoms with E-state index in [2.05, 4.69) is 10.4 Å². The van der Waals surface area contributed by atoms with Gasteiger partial charge in [0.15, 0.2) is 5.69 Å². The number of aliphatic carboxylic acids is 1. The summed E-state index contributed by atoms with van der Waals surface area (Å²) in [5, 5.41) is 25.6. The number of rotatable bonds is 5. The topological polar surface area (TPSA) is 127 Å². The lowest BCUT2D eigenvalue weighted by molar-refractivity contribution is -0.384. The van der Waals surface area contributed by atoms with E-state index in [0.717, 1.165) is 10.7 Å². The van der Waals surface area contributed by atoms with Gasteiger partial charge in [0.1, 0.15) is 6.54 Å². The van der Waals surface area contributed by atoms with Crippen molar-refractivity contribution >= 4 is 34.9 Å². The van der Waals surface area contributed by atoms with Gasteiger partial charge in [-0.05, 0) is 12.1 Å². The van der Waals surface area contributed by atoms with Gasteiger partial charge in [-0.2, -0.15) is 5.10 Å². The normalized spacial score (nSPS) is 10.2. The molecule has 0 saturated heterocycles. The molecule has 2 rings (SSSR count). The first kappa shape index (κ1) is 15.4. The molecule has 1 heterocycles. The standard InChI is InChI=1S/C12H9ClN4O5/c13-8-2-1-7(17(21)22)5-10(8)14-12(20)9-3-4-16(15-9)6-11(18)19/h1-5H,6H2,(H,14,20)(H,18,19). The fraction of sp³-hybridized carbons (Fsp3) is 0.0833. The van der Waals surface area contributed by atoms with Crippen LogP contribution >= 0.6 is 11.6 Å². The van der Waals surface area contributed by atoms with E-state index in [4.69, 9.17) is 16.7 Å². The Morgan fingerprint density at radius 3 is 2.77 bits per heavy atom. The number of halogens is 1. The van der Waals surface area contributed by atoms with Gasteiger partial charge >= 0.3 is 5.97 Å². The van der Waals surface area contributed by atoms with Crippen molar-refractivity contribution in [3.05, 3.63) is 51.3 Å². The maximum Gasteiger partial charge on any atom is 0.325 e. The Labute approximate surface area is 128 Å². The lowest BCUT2D eigenvalue weighted by Crippen LogP contribution is -2.15. The molecule has 10 heteroatoms. The van der Waals surface area contributed by atoms with E-state index in [1.807, 2.05) is 0 Å². The number of amides is 1. The highest BCUT2D eigenvalue weighted by atomic mass is 35.5. The van der Waals surface area contributed by atoms with Crippen molar-refractivity contribution in [1.82, 2.24) is 9.78 Å². The number of carbonyl (C=O) groups excluding carboxylic acids is 1. The van der Waals surface area contributed by atoms with Crippen LogP contribution in [0.15, 0.2) is 30.5 Å². The molecule has 0 fully saturated rings. The van der Waals surface area contributed by atoms with Gasteiger partial charge in [-0.3, -0.25) is 24.4 Å². The molecule has 1 amide bonds. The lowest BCUT2D eigenvalue weighted by Gasteiger charge is -2.05. The molecule has 0 aliphatic heterocycles. The van der Waals surface area contributed by atoms with Gasteiger partial charge in [-0.1, -0.05) is 11.6 Å². The van der Waals surface area contributed by atoms with E-state index in [1.165, 1.54) is 24.4 Å². The number of nitro groups is 1. The maximum atomic E-state index is 12.0. The number of nitro benzene ring substituents is 1. The predicted octanol–water partition coefficient (Wildman–Crippen LogP) is 1.78. The second-order valence-electron chi connectivity index (χ2n) is 4.17. The quantitative estimate of drug-likeness (QED) is 0.637. The Balaban J connectivity index is 2.18. The first-order valence-corrected chi connectivity index (χ1v) is 6.25. The summed E-state index contributed by atoms with van der Waals surface area (Å²) in [7, 11) is 0. The molecule has 1 aromatic carbocycles. The van der Waals surface area contributed by atoms with Crippen molar-refractivity contribution in [2.75, 3.05) is 5.32 Å². The fourth-order valence-electron chi connectivity index (χ4n) is 1.62. The van der Waals surface area contributed by atoms with Crippen LogP contribution < -0.4 is 5.32 Å². The van der Waals surface area contributed by atoms with Crippen LogP contribution in [-0.2, 0) is 11.3 Å². The largest absolute Gasteiger partial charge is 0.480 e. The molecule has 0 spiro atoms.